The van der Waals surface area contributed by atoms with Crippen LogP contribution in [0.25, 0.3) is 0 Å². The SMILES string of the molecule is NCCO[P+](O)(O)O. The maximum Gasteiger partial charge on any atom is 0.567 e. The van der Waals surface area contributed by atoms with Crippen molar-refractivity contribution in [3.63, 3.8) is 0 Å². The van der Waals surface area contributed by atoms with Gasteiger partial charge in [-0.05, 0) is 0 Å². The van der Waals surface area contributed by atoms with Crippen molar-refractivity contribution < 1.29 is 19.2 Å². The largest absolute Gasteiger partial charge is 0.567 e. The molecule has 0 aliphatic heterocycles. The van der Waals surface area contributed by atoms with Crippen LogP contribution in [-0.2, 0) is 4.52 Å². The van der Waals surface area contributed by atoms with E-state index < -0.39 is 8.17 Å². The molecule has 0 unspecified atom stereocenters. The molecule has 0 aliphatic carbocycles. The van der Waals surface area contributed by atoms with Crippen LogP contribution < -0.4 is 5.73 Å². The van der Waals surface area contributed by atoms with Gasteiger partial charge in [-0.15, -0.1) is 0 Å². The molecule has 0 spiro atoms. The van der Waals surface area contributed by atoms with Crippen molar-refractivity contribution in [1.82, 2.24) is 0 Å². The Labute approximate surface area is 47.4 Å². The van der Waals surface area contributed by atoms with E-state index in [9.17, 15) is 0 Å². The van der Waals surface area contributed by atoms with Crippen LogP contribution in [-0.4, -0.2) is 27.8 Å². The molecule has 0 amide bonds. The molecular formula is C2H9NO4P+. The van der Waals surface area contributed by atoms with Crippen molar-refractivity contribution in [3.05, 3.63) is 0 Å². The van der Waals surface area contributed by atoms with Gasteiger partial charge in [-0.3, -0.25) is 0 Å². The van der Waals surface area contributed by atoms with Gasteiger partial charge in [0.1, 0.15) is 6.61 Å². The molecule has 5 N–H and O–H groups in total. The third kappa shape index (κ3) is 6.23. The number of rotatable bonds is 3. The van der Waals surface area contributed by atoms with E-state index >= 15 is 0 Å². The molecule has 6 heteroatoms. The Kier molecular flexibility index (Phi) is 3.39. The van der Waals surface area contributed by atoms with Crippen LogP contribution in [0.15, 0.2) is 0 Å². The third-order valence-corrected chi connectivity index (χ3v) is 0.911. The Balaban J connectivity index is 3.11. The highest BCUT2D eigenvalue weighted by Gasteiger charge is 2.31. The standard InChI is InChI=1S/C2H9NO4P/c3-1-2-7-8(4,5)6/h4-6H,1-3H2/q+1. The molecule has 0 aromatic heterocycles. The summed E-state index contributed by atoms with van der Waals surface area (Å²) in [5, 5.41) is 0. The van der Waals surface area contributed by atoms with Crippen LogP contribution in [0.4, 0.5) is 0 Å². The summed E-state index contributed by atoms with van der Waals surface area (Å²) >= 11 is 0. The zero-order valence-corrected chi connectivity index (χ0v) is 5.08. The van der Waals surface area contributed by atoms with Crippen molar-refractivity contribution in [3.8, 4) is 0 Å². The van der Waals surface area contributed by atoms with Crippen molar-refractivity contribution in [2.45, 2.75) is 0 Å². The maximum atomic E-state index is 8.09. The number of hydrogen-bond donors (Lipinski definition) is 4. The van der Waals surface area contributed by atoms with Gasteiger partial charge in [0.25, 0.3) is 0 Å². The smallest absolute Gasteiger partial charge is 0.328 e. The highest BCUT2D eigenvalue weighted by molar-refractivity contribution is 7.53. The molecule has 8 heavy (non-hydrogen) atoms. The first-order valence-electron chi connectivity index (χ1n) is 1.98. The van der Waals surface area contributed by atoms with Crippen molar-refractivity contribution in [2.75, 3.05) is 13.2 Å². The zero-order valence-electron chi connectivity index (χ0n) is 4.19. The first kappa shape index (κ1) is 8.23. The molecule has 0 atom stereocenters. The van der Waals surface area contributed by atoms with Gasteiger partial charge in [0, 0.05) is 6.54 Å². The molecule has 0 aliphatic rings. The fraction of sp³-hybridized carbons (Fsp3) is 1.00. The summed E-state index contributed by atoms with van der Waals surface area (Å²) in [6, 6.07) is 0. The quantitative estimate of drug-likeness (QED) is 0.364. The molecule has 0 fully saturated rings. The fourth-order valence-electron chi connectivity index (χ4n) is 0.175. The van der Waals surface area contributed by atoms with Crippen LogP contribution >= 0.6 is 8.17 Å². The molecule has 0 aromatic carbocycles. The summed E-state index contributed by atoms with van der Waals surface area (Å²) in [7, 11) is -4.01. The number of hydrogen-bond acceptors (Lipinski definition) is 5. The van der Waals surface area contributed by atoms with Gasteiger partial charge >= 0.3 is 8.17 Å². The Morgan fingerprint density at radius 3 is 2.00 bits per heavy atom. The lowest BCUT2D eigenvalue weighted by molar-refractivity contribution is 0.165. The molecule has 0 aromatic rings. The Morgan fingerprint density at radius 1 is 1.38 bits per heavy atom. The molecule has 5 nitrogen and oxygen atoms in total. The Morgan fingerprint density at radius 2 is 1.88 bits per heavy atom. The van der Waals surface area contributed by atoms with Crippen LogP contribution in [0.1, 0.15) is 0 Å². The summed E-state index contributed by atoms with van der Waals surface area (Å²) < 4.78 is 4.03. The second-order valence-electron chi connectivity index (χ2n) is 1.14. The summed E-state index contributed by atoms with van der Waals surface area (Å²) in [4.78, 5) is 24.3. The van der Waals surface area contributed by atoms with Gasteiger partial charge < -0.3 is 5.73 Å². The summed E-state index contributed by atoms with van der Waals surface area (Å²) in [5.41, 5.74) is 4.90. The van der Waals surface area contributed by atoms with E-state index in [1.165, 1.54) is 0 Å². The van der Waals surface area contributed by atoms with E-state index in [2.05, 4.69) is 4.52 Å². The van der Waals surface area contributed by atoms with Gasteiger partial charge in [0.15, 0.2) is 0 Å². The van der Waals surface area contributed by atoms with Crippen molar-refractivity contribution >= 4 is 8.17 Å². The summed E-state index contributed by atoms with van der Waals surface area (Å²) in [6.45, 7) is 0.112. The second-order valence-corrected chi connectivity index (χ2v) is 2.42. The van der Waals surface area contributed by atoms with Crippen LogP contribution in [0, 0.1) is 0 Å². The first-order chi connectivity index (χ1) is 3.56. The predicted molar refractivity (Wildman–Crippen MR) is 28.6 cm³/mol. The average molecular weight is 142 g/mol. The van der Waals surface area contributed by atoms with Gasteiger partial charge in [0.2, 0.25) is 0 Å². The fourth-order valence-corrected chi connectivity index (χ4v) is 0.526. The van der Waals surface area contributed by atoms with E-state index in [4.69, 9.17) is 20.4 Å². The molecule has 0 radical (unpaired) electrons. The van der Waals surface area contributed by atoms with E-state index in [-0.39, 0.29) is 13.2 Å². The summed E-state index contributed by atoms with van der Waals surface area (Å²) in [5.74, 6) is 0. The highest BCUT2D eigenvalue weighted by Crippen LogP contribution is 2.45. The van der Waals surface area contributed by atoms with Crippen LogP contribution in [0.5, 0.6) is 0 Å². The minimum absolute atomic E-state index is 0.0444. The lowest BCUT2D eigenvalue weighted by atomic mass is 10.8. The molecule has 0 saturated heterocycles. The van der Waals surface area contributed by atoms with Gasteiger partial charge in [0.05, 0.1) is 0 Å². The van der Waals surface area contributed by atoms with Gasteiger partial charge in [-0.2, -0.15) is 19.2 Å². The van der Waals surface area contributed by atoms with Crippen molar-refractivity contribution in [2.24, 2.45) is 5.73 Å². The minimum Gasteiger partial charge on any atom is -0.328 e. The molecule has 0 bridgehead atoms. The van der Waals surface area contributed by atoms with Gasteiger partial charge in [-0.25, -0.2) is 0 Å². The molecule has 50 valence electrons. The summed E-state index contributed by atoms with van der Waals surface area (Å²) in [6.07, 6.45) is 0. The van der Waals surface area contributed by atoms with Crippen LogP contribution in [0.3, 0.4) is 0 Å². The van der Waals surface area contributed by atoms with E-state index in [0.717, 1.165) is 0 Å². The Bertz CT molecular complexity index is 61.5. The minimum atomic E-state index is -4.01. The van der Waals surface area contributed by atoms with Crippen molar-refractivity contribution in [1.29, 1.82) is 0 Å². The average Bonchev–Trinajstić information content (AvgIpc) is 1.59. The molecular weight excluding hydrogens is 133 g/mol. The lowest BCUT2D eigenvalue weighted by Crippen LogP contribution is -2.08. The monoisotopic (exact) mass is 142 g/mol. The van der Waals surface area contributed by atoms with Gasteiger partial charge in [-0.1, -0.05) is 0 Å². The molecule has 0 saturated carbocycles. The van der Waals surface area contributed by atoms with Crippen LogP contribution in [0.2, 0.25) is 0 Å². The van der Waals surface area contributed by atoms with E-state index in [1.54, 1.807) is 0 Å². The van der Waals surface area contributed by atoms with E-state index in [1.807, 2.05) is 0 Å². The topological polar surface area (TPSA) is 95.9 Å². The highest BCUT2D eigenvalue weighted by atomic mass is 31.2. The number of nitrogens with two attached hydrogens (primary N) is 1. The normalized spacial score (nSPS) is 12.0. The Hall–Kier alpha value is 0.230. The second kappa shape index (κ2) is 3.29. The predicted octanol–water partition coefficient (Wildman–Crippen LogP) is -1.38. The lowest BCUT2D eigenvalue weighted by Gasteiger charge is -1.98. The first-order valence-corrected chi connectivity index (χ1v) is 3.54. The van der Waals surface area contributed by atoms with E-state index in [0.29, 0.717) is 0 Å². The molecule has 0 heterocycles. The maximum absolute atomic E-state index is 8.09. The zero-order chi connectivity index (χ0) is 6.62. The molecule has 0 rings (SSSR count). The third-order valence-electron chi connectivity index (χ3n) is 0.382.